The lowest BCUT2D eigenvalue weighted by Crippen LogP contribution is -2.28. The first kappa shape index (κ1) is 67.6. The van der Waals surface area contributed by atoms with Gasteiger partial charge in [0.15, 0.2) is 6.10 Å². The minimum atomic E-state index is -0.774. The second kappa shape index (κ2) is 60.9. The molecular formula is C65H118O5. The normalized spacial score (nSPS) is 12.6. The molecule has 0 aliphatic carbocycles. The van der Waals surface area contributed by atoms with Gasteiger partial charge in [0.05, 0.1) is 6.61 Å². The van der Waals surface area contributed by atoms with Crippen LogP contribution in [0.4, 0.5) is 0 Å². The molecule has 0 aromatic rings. The van der Waals surface area contributed by atoms with Crippen molar-refractivity contribution in [2.24, 2.45) is 0 Å². The zero-order valence-electron chi connectivity index (χ0n) is 46.8. The van der Waals surface area contributed by atoms with Gasteiger partial charge >= 0.3 is 11.9 Å². The lowest BCUT2D eigenvalue weighted by molar-refractivity contribution is -0.161. The zero-order chi connectivity index (χ0) is 50.6. The summed E-state index contributed by atoms with van der Waals surface area (Å²) in [5.74, 6) is -0.579. The second-order valence-corrected chi connectivity index (χ2v) is 20.8. The summed E-state index contributed by atoms with van der Waals surface area (Å²) in [4.78, 5) is 24.6. The molecule has 0 bridgehead atoms. The number of rotatable bonds is 57. The summed E-state index contributed by atoms with van der Waals surface area (Å²) in [5.41, 5.74) is 0. The summed E-state index contributed by atoms with van der Waals surface area (Å²) in [6.45, 7) is 4.07. The van der Waals surface area contributed by atoms with Crippen LogP contribution in [-0.4, -0.2) is 36.4 Å². The van der Waals surface area contributed by atoms with E-state index in [-0.39, 0.29) is 25.2 Å². The number of unbranched alkanes of at least 4 members (excludes halogenated alkanes) is 39. The van der Waals surface area contributed by atoms with Crippen molar-refractivity contribution in [2.75, 3.05) is 13.2 Å². The highest BCUT2D eigenvalue weighted by Gasteiger charge is 2.16. The molecule has 5 heteroatoms. The Kier molecular flexibility index (Phi) is 58.8. The van der Waals surface area contributed by atoms with Gasteiger partial charge < -0.3 is 14.6 Å². The van der Waals surface area contributed by atoms with Gasteiger partial charge in [0.1, 0.15) is 6.61 Å². The first-order chi connectivity index (χ1) is 34.6. The zero-order valence-corrected chi connectivity index (χ0v) is 46.8. The molecule has 70 heavy (non-hydrogen) atoms. The van der Waals surface area contributed by atoms with Gasteiger partial charge in [0, 0.05) is 12.8 Å². The average Bonchev–Trinajstić information content (AvgIpc) is 3.36. The molecule has 0 rings (SSSR count). The third-order valence-corrected chi connectivity index (χ3v) is 13.8. The van der Waals surface area contributed by atoms with Crippen molar-refractivity contribution in [3.8, 4) is 0 Å². The van der Waals surface area contributed by atoms with E-state index in [2.05, 4.69) is 74.6 Å². The molecule has 1 atom stereocenters. The number of ether oxygens (including phenoxy) is 2. The van der Waals surface area contributed by atoms with Crippen molar-refractivity contribution in [3.05, 3.63) is 60.8 Å². The molecule has 0 heterocycles. The van der Waals surface area contributed by atoms with Crippen LogP contribution in [0.25, 0.3) is 0 Å². The van der Waals surface area contributed by atoms with E-state index < -0.39 is 6.10 Å². The van der Waals surface area contributed by atoms with Crippen LogP contribution in [0.15, 0.2) is 60.8 Å². The van der Waals surface area contributed by atoms with Crippen molar-refractivity contribution in [3.63, 3.8) is 0 Å². The molecule has 0 aromatic carbocycles. The van der Waals surface area contributed by atoms with Crippen molar-refractivity contribution in [1.82, 2.24) is 0 Å². The smallest absolute Gasteiger partial charge is 0.306 e. The van der Waals surface area contributed by atoms with Gasteiger partial charge in [-0.2, -0.15) is 0 Å². The monoisotopic (exact) mass is 979 g/mol. The van der Waals surface area contributed by atoms with E-state index in [9.17, 15) is 14.7 Å². The van der Waals surface area contributed by atoms with Crippen LogP contribution in [0, 0.1) is 0 Å². The lowest BCUT2D eigenvalue weighted by atomic mass is 10.0. The van der Waals surface area contributed by atoms with Crippen LogP contribution >= 0.6 is 0 Å². The Labute approximate surface area is 436 Å². The molecule has 0 saturated carbocycles. The number of hydrogen-bond acceptors (Lipinski definition) is 5. The Balaban J connectivity index is 3.43. The van der Waals surface area contributed by atoms with Crippen LogP contribution in [0.5, 0.6) is 0 Å². The second-order valence-electron chi connectivity index (χ2n) is 20.8. The molecule has 0 radical (unpaired) electrons. The Hall–Kier alpha value is -2.40. The number of esters is 2. The van der Waals surface area contributed by atoms with Gasteiger partial charge in [-0.1, -0.05) is 293 Å². The maximum absolute atomic E-state index is 12.3. The number of carbonyl (C=O) groups excluding carboxylic acids is 2. The highest BCUT2D eigenvalue weighted by Crippen LogP contribution is 2.17. The van der Waals surface area contributed by atoms with Gasteiger partial charge in [-0.3, -0.25) is 9.59 Å². The summed E-state index contributed by atoms with van der Waals surface area (Å²) in [6.07, 6.45) is 82.2. The molecule has 0 amide bonds. The SMILES string of the molecule is CC/C=C\C/C=C\C/C=C\C/C=C\CCCCCCCCCCCCCCC(=O)OC(CO)COC(=O)CCCCCCCCCCCCCCCCCCCCC/C=C\CCCCCCCCCC. The van der Waals surface area contributed by atoms with Crippen molar-refractivity contribution in [1.29, 1.82) is 0 Å². The van der Waals surface area contributed by atoms with Gasteiger partial charge in [-0.05, 0) is 77.0 Å². The molecule has 0 aliphatic rings. The highest BCUT2D eigenvalue weighted by atomic mass is 16.6. The Bertz CT molecular complexity index is 1200. The predicted octanol–water partition coefficient (Wildman–Crippen LogP) is 21.0. The summed E-state index contributed by atoms with van der Waals surface area (Å²) in [7, 11) is 0. The van der Waals surface area contributed by atoms with Gasteiger partial charge in [0.25, 0.3) is 0 Å². The summed E-state index contributed by atoms with van der Waals surface area (Å²) < 4.78 is 10.7. The first-order valence-corrected chi connectivity index (χ1v) is 30.8. The Morgan fingerprint density at radius 1 is 0.343 bits per heavy atom. The number of allylic oxidation sites excluding steroid dienone is 10. The van der Waals surface area contributed by atoms with Crippen LogP contribution < -0.4 is 0 Å². The fourth-order valence-corrected chi connectivity index (χ4v) is 9.19. The van der Waals surface area contributed by atoms with E-state index in [1.165, 1.54) is 231 Å². The summed E-state index contributed by atoms with van der Waals surface area (Å²) in [6, 6.07) is 0. The quantitative estimate of drug-likeness (QED) is 0.0373. The van der Waals surface area contributed by atoms with E-state index in [4.69, 9.17) is 9.47 Å². The maximum atomic E-state index is 12.3. The molecule has 0 aliphatic heterocycles. The highest BCUT2D eigenvalue weighted by molar-refractivity contribution is 5.70. The standard InChI is InChI=1S/C65H118O5/c1-3-5-7-9-11-13-15-17-19-21-23-25-27-29-30-31-32-33-34-36-37-39-41-43-45-47-49-51-53-55-57-59-64(67)69-62-63(61-66)70-65(68)60-58-56-54-52-50-48-46-44-42-40-38-35-28-26-24-22-20-18-16-14-12-10-8-6-4-2/h6,8,12,14,18,20-21,23-24,26,63,66H,3-5,7,9-11,13,15-17,19,22,25,27-62H2,1-2H3/b8-6-,14-12-,20-18-,23-21-,26-24-. The van der Waals surface area contributed by atoms with E-state index in [0.29, 0.717) is 12.8 Å². The van der Waals surface area contributed by atoms with Crippen molar-refractivity contribution < 1.29 is 24.2 Å². The Morgan fingerprint density at radius 3 is 0.943 bits per heavy atom. The molecule has 0 fully saturated rings. The maximum Gasteiger partial charge on any atom is 0.306 e. The first-order valence-electron chi connectivity index (χ1n) is 30.8. The summed E-state index contributed by atoms with van der Waals surface area (Å²) in [5, 5.41) is 9.67. The number of hydrogen-bond donors (Lipinski definition) is 1. The molecule has 0 aromatic heterocycles. The molecule has 5 nitrogen and oxygen atoms in total. The molecular weight excluding hydrogens is 861 g/mol. The van der Waals surface area contributed by atoms with E-state index in [1.54, 1.807) is 0 Å². The van der Waals surface area contributed by atoms with Crippen molar-refractivity contribution >= 4 is 11.9 Å². The topological polar surface area (TPSA) is 72.8 Å². The lowest BCUT2D eigenvalue weighted by Gasteiger charge is -2.15. The fraction of sp³-hybridized carbons (Fsp3) is 0.815. The number of aliphatic hydroxyl groups excluding tert-OH is 1. The largest absolute Gasteiger partial charge is 0.462 e. The minimum Gasteiger partial charge on any atom is -0.462 e. The third kappa shape index (κ3) is 58.2. The van der Waals surface area contributed by atoms with E-state index in [1.807, 2.05) is 0 Å². The molecule has 0 spiro atoms. The van der Waals surface area contributed by atoms with Gasteiger partial charge in [-0.15, -0.1) is 0 Å². The van der Waals surface area contributed by atoms with Crippen LogP contribution in [0.1, 0.15) is 322 Å². The molecule has 408 valence electrons. The minimum absolute atomic E-state index is 0.0643. The number of carbonyl (C=O) groups is 2. The Morgan fingerprint density at radius 2 is 0.614 bits per heavy atom. The van der Waals surface area contributed by atoms with E-state index >= 15 is 0 Å². The van der Waals surface area contributed by atoms with Gasteiger partial charge in [0.2, 0.25) is 0 Å². The van der Waals surface area contributed by atoms with Crippen LogP contribution in [0.2, 0.25) is 0 Å². The third-order valence-electron chi connectivity index (χ3n) is 13.8. The van der Waals surface area contributed by atoms with E-state index in [0.717, 1.165) is 64.2 Å². The fourth-order valence-electron chi connectivity index (χ4n) is 9.19. The number of aliphatic hydroxyl groups is 1. The molecule has 1 unspecified atom stereocenters. The average molecular weight is 980 g/mol. The predicted molar refractivity (Wildman–Crippen MR) is 307 cm³/mol. The summed E-state index contributed by atoms with van der Waals surface area (Å²) >= 11 is 0. The van der Waals surface area contributed by atoms with Crippen LogP contribution in [-0.2, 0) is 19.1 Å². The van der Waals surface area contributed by atoms with Crippen molar-refractivity contribution in [2.45, 2.75) is 328 Å². The molecule has 0 saturated heterocycles. The van der Waals surface area contributed by atoms with Gasteiger partial charge in [-0.25, -0.2) is 0 Å². The molecule has 1 N–H and O–H groups in total. The van der Waals surface area contributed by atoms with Crippen LogP contribution in [0.3, 0.4) is 0 Å².